The van der Waals surface area contributed by atoms with E-state index in [4.69, 9.17) is 21.6 Å². The minimum atomic E-state index is -1.29. The lowest BCUT2D eigenvalue weighted by atomic mass is 10.0. The Bertz CT molecular complexity index is 1280. The fourth-order valence-corrected chi connectivity index (χ4v) is 5.34. The van der Waals surface area contributed by atoms with Crippen molar-refractivity contribution < 1.29 is 33.6 Å². The number of hydrogen-bond donors (Lipinski definition) is 4. The number of allylic oxidation sites excluding steroid dienone is 1. The van der Waals surface area contributed by atoms with Crippen LogP contribution >= 0.6 is 23.3 Å². The summed E-state index contributed by atoms with van der Waals surface area (Å²) in [5, 5.41) is 24.0. The number of carboxylic acid groups (broad SMARTS) is 1. The number of anilines is 1. The molecule has 0 unspecified atom stereocenters. The maximum atomic E-state index is 13.0. The number of fused-ring (bicyclic) bond motifs is 1. The van der Waals surface area contributed by atoms with Crippen LogP contribution in [0.25, 0.3) is 0 Å². The van der Waals surface area contributed by atoms with Crippen LogP contribution in [0.5, 0.6) is 0 Å². The van der Waals surface area contributed by atoms with Gasteiger partial charge < -0.3 is 31.2 Å². The van der Waals surface area contributed by atoms with E-state index in [9.17, 15) is 24.3 Å². The van der Waals surface area contributed by atoms with E-state index < -0.39 is 47.8 Å². The van der Waals surface area contributed by atoms with Crippen molar-refractivity contribution in [1.82, 2.24) is 19.6 Å². The van der Waals surface area contributed by atoms with Crippen molar-refractivity contribution in [3.8, 4) is 6.07 Å². The van der Waals surface area contributed by atoms with E-state index in [2.05, 4.69) is 19.8 Å². The number of likely N-dealkylation sites (N-methyl/N-ethyl adjacent to an activating group) is 1. The quantitative estimate of drug-likeness (QED) is 0.0804. The van der Waals surface area contributed by atoms with Crippen LogP contribution < -0.4 is 16.8 Å². The van der Waals surface area contributed by atoms with Gasteiger partial charge in [0.15, 0.2) is 11.2 Å². The van der Waals surface area contributed by atoms with Crippen LogP contribution in [0.1, 0.15) is 12.7 Å². The molecule has 6 N–H and O–H groups in total. The van der Waals surface area contributed by atoms with Crippen LogP contribution in [0.15, 0.2) is 28.6 Å². The van der Waals surface area contributed by atoms with Crippen LogP contribution in [0.2, 0.25) is 0 Å². The first-order chi connectivity index (χ1) is 17.9. The van der Waals surface area contributed by atoms with Gasteiger partial charge in [0, 0.05) is 17.3 Å². The average molecular weight is 565 g/mol. The van der Waals surface area contributed by atoms with Crippen molar-refractivity contribution in [1.29, 1.82) is 5.26 Å². The molecule has 38 heavy (non-hydrogen) atoms. The van der Waals surface area contributed by atoms with Crippen LogP contribution in [0, 0.1) is 11.3 Å². The van der Waals surface area contributed by atoms with Gasteiger partial charge in [-0.2, -0.15) is 14.6 Å². The Balaban J connectivity index is 1.77. The third kappa shape index (κ3) is 5.93. The third-order valence-corrected chi connectivity index (χ3v) is 7.84. The average Bonchev–Trinajstić information content (AvgIpc) is 3.29. The van der Waals surface area contributed by atoms with Crippen molar-refractivity contribution in [2.75, 3.05) is 38.7 Å². The number of nitrogens with zero attached hydrogens (tertiary/aromatic N) is 6. The Morgan fingerprint density at radius 1 is 1.45 bits per heavy atom. The van der Waals surface area contributed by atoms with Gasteiger partial charge in [0.25, 0.3) is 17.7 Å². The SMILES string of the molecule is C[C@@H](C(N)=O)[N+](C)(C)C/C=C/C1=C(C(=O)O)N2C(=O)[C@H](NC(=O)/C(=N\OCC#N)c3nsc(N)n3)[C@@H]2SC1. The Morgan fingerprint density at radius 2 is 2.16 bits per heavy atom. The van der Waals surface area contributed by atoms with E-state index in [0.717, 1.165) is 16.4 Å². The number of nitrogens with one attached hydrogen (secondary N) is 1. The standard InChI is InChI=1S/C21H25N9O6S2/c1-10(15(23)31)30(2,3)7-4-5-11-9-37-19-13(18(33)29(19)14(11)20(34)35)25-17(32)12(27-36-8-6-22)16-26-21(24)38-28-16/h4-5,10,13,19H,7-9H2,1-3H3,(H5-,23,24,25,26,28,31,32,34,35)/p+1/b5-4+,27-12-/t10-,13-,19-/m0/s1. The second kappa shape index (κ2) is 11.6. The molecular weight excluding hydrogens is 538 g/mol. The molecule has 1 aromatic heterocycles. The molecule has 0 radical (unpaired) electrons. The number of nitrogens with two attached hydrogens (primary N) is 2. The first-order valence-corrected chi connectivity index (χ1v) is 12.9. The lowest BCUT2D eigenvalue weighted by Crippen LogP contribution is -2.71. The number of nitrogen functional groups attached to an aromatic ring is 1. The highest BCUT2D eigenvalue weighted by molar-refractivity contribution is 8.00. The Morgan fingerprint density at radius 3 is 2.74 bits per heavy atom. The van der Waals surface area contributed by atoms with Gasteiger partial charge in [-0.1, -0.05) is 11.2 Å². The van der Waals surface area contributed by atoms with E-state index in [1.807, 2.05) is 14.1 Å². The number of aromatic nitrogens is 2. The number of carbonyl (C=O) groups excluding carboxylic acids is 3. The molecule has 0 aromatic carbocycles. The van der Waals surface area contributed by atoms with Crippen LogP contribution in [0.3, 0.4) is 0 Å². The number of rotatable bonds is 11. The first kappa shape index (κ1) is 28.6. The summed E-state index contributed by atoms with van der Waals surface area (Å²) in [6.45, 7) is 1.66. The molecule has 1 saturated heterocycles. The number of aliphatic carboxylic acids is 1. The van der Waals surface area contributed by atoms with Crippen LogP contribution in [-0.4, -0.2) is 104 Å². The molecule has 2 aliphatic rings. The fourth-order valence-electron chi connectivity index (χ4n) is 3.59. The maximum Gasteiger partial charge on any atom is 0.352 e. The molecule has 3 atom stereocenters. The highest BCUT2D eigenvalue weighted by Crippen LogP contribution is 2.40. The molecule has 0 bridgehead atoms. The number of β-lactam (4-membered cyclic amide) rings is 1. The summed E-state index contributed by atoms with van der Waals surface area (Å²) in [4.78, 5) is 59.3. The number of thioether (sulfide) groups is 1. The lowest BCUT2D eigenvalue weighted by Gasteiger charge is -2.49. The van der Waals surface area contributed by atoms with E-state index in [0.29, 0.717) is 12.1 Å². The minimum Gasteiger partial charge on any atom is -0.477 e. The largest absolute Gasteiger partial charge is 0.477 e. The minimum absolute atomic E-state index is 0.0672. The van der Waals surface area contributed by atoms with Gasteiger partial charge in [0.05, 0.1) is 20.6 Å². The molecule has 3 amide bonds. The second-order valence-corrected chi connectivity index (χ2v) is 10.7. The van der Waals surface area contributed by atoms with Crippen LogP contribution in [0.4, 0.5) is 5.13 Å². The predicted molar refractivity (Wildman–Crippen MR) is 137 cm³/mol. The molecule has 3 rings (SSSR count). The molecule has 17 heteroatoms. The zero-order valence-corrected chi connectivity index (χ0v) is 22.3. The predicted octanol–water partition coefficient (Wildman–Crippen LogP) is -1.39. The number of oxime groups is 1. The summed E-state index contributed by atoms with van der Waals surface area (Å²) in [7, 11) is 3.64. The molecule has 0 saturated carbocycles. The molecular formula is C21H26N9O6S2+. The molecule has 1 aromatic rings. The summed E-state index contributed by atoms with van der Waals surface area (Å²) < 4.78 is 4.17. The molecule has 0 aliphatic carbocycles. The molecule has 2 aliphatic heterocycles. The Hall–Kier alpha value is -4.01. The molecule has 15 nitrogen and oxygen atoms in total. The van der Waals surface area contributed by atoms with Crippen molar-refractivity contribution in [2.45, 2.75) is 24.4 Å². The fraction of sp³-hybridized carbons (Fsp3) is 0.429. The van der Waals surface area contributed by atoms with Gasteiger partial charge in [0.2, 0.25) is 18.1 Å². The summed E-state index contributed by atoms with van der Waals surface area (Å²) in [5.74, 6) is -3.11. The van der Waals surface area contributed by atoms with Crippen molar-refractivity contribution in [2.24, 2.45) is 10.9 Å². The smallest absolute Gasteiger partial charge is 0.352 e. The zero-order chi connectivity index (χ0) is 28.2. The van der Waals surface area contributed by atoms with Gasteiger partial charge >= 0.3 is 5.97 Å². The summed E-state index contributed by atoms with van der Waals surface area (Å²) in [6, 6.07) is 0.194. The number of hydrogen-bond acceptors (Lipinski definition) is 12. The van der Waals surface area contributed by atoms with Crippen LogP contribution in [-0.2, 0) is 24.0 Å². The van der Waals surface area contributed by atoms with E-state index in [-0.39, 0.29) is 32.6 Å². The van der Waals surface area contributed by atoms with E-state index >= 15 is 0 Å². The third-order valence-electron chi connectivity index (χ3n) is 6.00. The topological polar surface area (TPSA) is 227 Å². The molecule has 1 fully saturated rings. The normalized spacial score (nSPS) is 20.4. The van der Waals surface area contributed by atoms with Crippen molar-refractivity contribution in [3.63, 3.8) is 0 Å². The number of primary amides is 1. The van der Waals surface area contributed by atoms with E-state index in [1.54, 1.807) is 25.1 Å². The highest BCUT2D eigenvalue weighted by Gasteiger charge is 2.54. The number of carbonyl (C=O) groups is 4. The maximum absolute atomic E-state index is 13.0. The van der Waals surface area contributed by atoms with Gasteiger partial charge in [-0.25, -0.2) is 4.79 Å². The summed E-state index contributed by atoms with van der Waals surface area (Å²) in [6.07, 6.45) is 3.36. The summed E-state index contributed by atoms with van der Waals surface area (Å²) in [5.41, 5.74) is 10.8. The molecule has 3 heterocycles. The van der Waals surface area contributed by atoms with Gasteiger partial charge in [0.1, 0.15) is 23.2 Å². The van der Waals surface area contributed by atoms with E-state index in [1.165, 1.54) is 11.8 Å². The number of carboxylic acids is 1. The van der Waals surface area contributed by atoms with Crippen molar-refractivity contribution >= 4 is 57.8 Å². The van der Waals surface area contributed by atoms with Crippen molar-refractivity contribution in [3.05, 3.63) is 29.2 Å². The first-order valence-electron chi connectivity index (χ1n) is 11.1. The zero-order valence-electron chi connectivity index (χ0n) is 20.7. The highest BCUT2D eigenvalue weighted by atomic mass is 32.2. The van der Waals surface area contributed by atoms with Gasteiger partial charge in [-0.3, -0.25) is 19.3 Å². The van der Waals surface area contributed by atoms with Gasteiger partial charge in [-0.15, -0.1) is 11.8 Å². The Kier molecular flexibility index (Phi) is 8.70. The second-order valence-electron chi connectivity index (χ2n) is 8.81. The molecule has 202 valence electrons. The monoisotopic (exact) mass is 564 g/mol. The Labute approximate surface area is 225 Å². The number of amides is 3. The molecule has 0 spiro atoms. The number of nitriles is 1. The van der Waals surface area contributed by atoms with Gasteiger partial charge in [-0.05, 0) is 18.6 Å². The summed E-state index contributed by atoms with van der Waals surface area (Å²) >= 11 is 2.09. The lowest BCUT2D eigenvalue weighted by molar-refractivity contribution is -0.898. The number of quaternary nitrogens is 1.